The molecule has 5 rings (SSSR count). The van der Waals surface area contributed by atoms with E-state index in [4.69, 9.17) is 4.52 Å². The number of hydrogen-bond acceptors (Lipinski definition) is 6. The molecule has 1 aromatic heterocycles. The lowest BCUT2D eigenvalue weighted by Gasteiger charge is -2.28. The van der Waals surface area contributed by atoms with Crippen LogP contribution in [0.3, 0.4) is 0 Å². The largest absolute Gasteiger partial charge is 0.402 e. The molecule has 2 atom stereocenters. The summed E-state index contributed by atoms with van der Waals surface area (Å²) in [5, 5.41) is 10.5. The number of alkyl halides is 3. The minimum atomic E-state index is -5.03. The smallest absolute Gasteiger partial charge is 0.361 e. The van der Waals surface area contributed by atoms with Gasteiger partial charge in [-0.3, -0.25) is 19.2 Å². The fourth-order valence-corrected chi connectivity index (χ4v) is 4.92. The van der Waals surface area contributed by atoms with Gasteiger partial charge in [-0.25, -0.2) is 10.0 Å². The highest BCUT2D eigenvalue weighted by Crippen LogP contribution is 2.52. The number of halogens is 3. The van der Waals surface area contributed by atoms with Gasteiger partial charge in [0.25, 0.3) is 17.7 Å². The third kappa shape index (κ3) is 4.31. The summed E-state index contributed by atoms with van der Waals surface area (Å²) >= 11 is 0. The van der Waals surface area contributed by atoms with Crippen molar-refractivity contribution in [3.63, 3.8) is 0 Å². The van der Waals surface area contributed by atoms with E-state index in [-0.39, 0.29) is 40.1 Å². The Hall–Kier alpha value is -3.90. The lowest BCUT2D eigenvalue weighted by atomic mass is 9.97. The van der Waals surface area contributed by atoms with Gasteiger partial charge < -0.3 is 15.2 Å². The number of aromatic nitrogens is 1. The molecule has 3 heterocycles. The molecule has 2 N–H and O–H groups in total. The van der Waals surface area contributed by atoms with Gasteiger partial charge in [-0.15, -0.1) is 0 Å². The van der Waals surface area contributed by atoms with E-state index in [2.05, 4.69) is 15.8 Å². The average molecular weight is 519 g/mol. The molecule has 37 heavy (non-hydrogen) atoms. The number of hydrazine groups is 1. The third-order valence-electron chi connectivity index (χ3n) is 7.18. The van der Waals surface area contributed by atoms with Gasteiger partial charge in [0, 0.05) is 17.5 Å². The van der Waals surface area contributed by atoms with Crippen LogP contribution in [0.5, 0.6) is 0 Å². The van der Waals surface area contributed by atoms with Crippen LogP contribution in [0, 0.1) is 25.2 Å². The van der Waals surface area contributed by atoms with Gasteiger partial charge in [0.1, 0.15) is 17.4 Å². The zero-order valence-electron chi connectivity index (χ0n) is 20.0. The Labute approximate surface area is 209 Å². The first-order valence-electron chi connectivity index (χ1n) is 11.7. The summed E-state index contributed by atoms with van der Waals surface area (Å²) in [6, 6.07) is 4.54. The minimum absolute atomic E-state index is 0.0177. The predicted molar refractivity (Wildman–Crippen MR) is 120 cm³/mol. The topological polar surface area (TPSA) is 125 Å². The van der Waals surface area contributed by atoms with Crippen molar-refractivity contribution in [1.82, 2.24) is 25.8 Å². The van der Waals surface area contributed by atoms with Crippen LogP contribution < -0.4 is 10.6 Å². The van der Waals surface area contributed by atoms with E-state index < -0.39 is 48.3 Å². The Morgan fingerprint density at radius 2 is 1.84 bits per heavy atom. The number of amides is 4. The van der Waals surface area contributed by atoms with Gasteiger partial charge >= 0.3 is 6.18 Å². The Bertz CT molecular complexity index is 1280. The zero-order chi connectivity index (χ0) is 26.7. The summed E-state index contributed by atoms with van der Waals surface area (Å²) in [4.78, 5) is 52.2. The van der Waals surface area contributed by atoms with E-state index in [1.165, 1.54) is 42.1 Å². The van der Waals surface area contributed by atoms with E-state index in [0.29, 0.717) is 6.54 Å². The van der Waals surface area contributed by atoms with Crippen LogP contribution in [0.15, 0.2) is 28.8 Å². The van der Waals surface area contributed by atoms with Crippen LogP contribution in [-0.4, -0.2) is 64.6 Å². The summed E-state index contributed by atoms with van der Waals surface area (Å²) in [6.45, 7) is 2.42. The van der Waals surface area contributed by atoms with Crippen molar-refractivity contribution >= 4 is 23.6 Å². The van der Waals surface area contributed by atoms with E-state index in [1.807, 2.05) is 0 Å². The normalized spacial score (nSPS) is 20.8. The molecule has 0 bridgehead atoms. The van der Waals surface area contributed by atoms with Crippen LogP contribution in [0.1, 0.15) is 56.6 Å². The number of benzene rings is 1. The maximum Gasteiger partial charge on any atom is 0.402 e. The number of fused-ring (bicyclic) bond motifs is 2. The number of carbonyl (C=O) groups is 4. The molecule has 1 saturated carbocycles. The highest BCUT2D eigenvalue weighted by atomic mass is 19.4. The summed E-state index contributed by atoms with van der Waals surface area (Å²) in [5.41, 5.74) is 0.221. The third-order valence-corrected chi connectivity index (χ3v) is 7.18. The van der Waals surface area contributed by atoms with Crippen molar-refractivity contribution in [2.45, 2.75) is 38.9 Å². The Balaban J connectivity index is 1.40. The van der Waals surface area contributed by atoms with E-state index in [0.717, 1.165) is 12.8 Å². The molecule has 0 unspecified atom stereocenters. The second kappa shape index (κ2) is 8.60. The van der Waals surface area contributed by atoms with Crippen LogP contribution in [0.4, 0.5) is 13.2 Å². The summed E-state index contributed by atoms with van der Waals surface area (Å²) in [5.74, 6) is -6.03. The Morgan fingerprint density at radius 1 is 1.16 bits per heavy atom. The molecule has 0 radical (unpaired) electrons. The van der Waals surface area contributed by atoms with E-state index >= 15 is 0 Å². The maximum absolute atomic E-state index is 13.9. The number of aryl methyl sites for hydroxylation is 2. The molecule has 3 aliphatic rings. The number of nitrogens with zero attached hydrogens (tertiary/aromatic N) is 3. The predicted octanol–water partition coefficient (Wildman–Crippen LogP) is 2.05. The molecule has 1 saturated heterocycles. The van der Waals surface area contributed by atoms with Crippen molar-refractivity contribution in [2.24, 2.45) is 11.3 Å². The number of carbonyl (C=O) groups excluding carboxylic acids is 4. The van der Waals surface area contributed by atoms with Crippen LogP contribution >= 0.6 is 0 Å². The second-order valence-electron chi connectivity index (χ2n) is 9.79. The molecule has 10 nitrogen and oxygen atoms in total. The number of rotatable bonds is 5. The van der Waals surface area contributed by atoms with Crippen LogP contribution in [0.2, 0.25) is 0 Å². The van der Waals surface area contributed by atoms with Crippen molar-refractivity contribution in [2.75, 3.05) is 19.6 Å². The fourth-order valence-electron chi connectivity index (χ4n) is 4.92. The molecule has 13 heteroatoms. The highest BCUT2D eigenvalue weighted by molar-refractivity contribution is 6.03. The molecule has 2 aliphatic heterocycles. The van der Waals surface area contributed by atoms with Gasteiger partial charge in [0.15, 0.2) is 5.92 Å². The van der Waals surface area contributed by atoms with Gasteiger partial charge in [-0.2, -0.15) is 13.2 Å². The lowest BCUT2D eigenvalue weighted by Crippen LogP contribution is -2.51. The molecule has 1 spiro atoms. The maximum atomic E-state index is 13.9. The molecule has 196 valence electrons. The van der Waals surface area contributed by atoms with Crippen molar-refractivity contribution in [1.29, 1.82) is 0 Å². The molecule has 1 aliphatic carbocycles. The summed E-state index contributed by atoms with van der Waals surface area (Å²) in [6.07, 6.45) is -3.36. The van der Waals surface area contributed by atoms with Crippen LogP contribution in [0.25, 0.3) is 0 Å². The fraction of sp³-hybridized carbons (Fsp3) is 0.458. The molecular formula is C24H24F3N5O5. The summed E-state index contributed by atoms with van der Waals surface area (Å²) in [7, 11) is 0. The van der Waals surface area contributed by atoms with Crippen molar-refractivity contribution < 1.29 is 36.9 Å². The molecular weight excluding hydrogens is 495 g/mol. The van der Waals surface area contributed by atoms with Gasteiger partial charge in [-0.1, -0.05) is 23.4 Å². The number of nitrogens with one attached hydrogen (secondary N) is 2. The van der Waals surface area contributed by atoms with E-state index in [9.17, 15) is 32.3 Å². The van der Waals surface area contributed by atoms with Gasteiger partial charge in [0.05, 0.1) is 18.8 Å². The van der Waals surface area contributed by atoms with Crippen LogP contribution in [-0.2, 0) is 9.59 Å². The van der Waals surface area contributed by atoms with Gasteiger partial charge in [-0.05, 0) is 38.3 Å². The lowest BCUT2D eigenvalue weighted by molar-refractivity contribution is -0.182. The first-order valence-corrected chi connectivity index (χ1v) is 11.7. The zero-order valence-corrected chi connectivity index (χ0v) is 20.0. The minimum Gasteiger partial charge on any atom is -0.361 e. The van der Waals surface area contributed by atoms with Gasteiger partial charge in [0.2, 0.25) is 5.91 Å². The average Bonchev–Trinajstić information content (AvgIpc) is 3.37. The first kappa shape index (κ1) is 24.8. The second-order valence-corrected chi connectivity index (χ2v) is 9.79. The molecule has 1 aromatic carbocycles. The SMILES string of the molecule is Cc1noc(C)c1C(=O)NC[C@H](C(=O)N[C@@H]1C(=O)N2CC3(CC3)CN2C(=O)c2ccccc21)C(F)(F)F. The Kier molecular flexibility index (Phi) is 5.76. The standard InChI is InChI=1S/C24H24F3N5O5/c1-12-17(13(2)37-30-12)20(34)28-9-16(24(25,26)27)19(33)29-18-14-5-3-4-6-15(14)21(35)31-10-23(7-8-23)11-32(31)22(18)36/h3-6,16,18H,7-11H2,1-2H3,(H,28,34)(H,29,33)/t16-,18+/m1/s1. The molecule has 2 aromatic rings. The van der Waals surface area contributed by atoms with Crippen molar-refractivity contribution in [3.05, 3.63) is 52.4 Å². The number of hydrogen-bond donors (Lipinski definition) is 2. The van der Waals surface area contributed by atoms with E-state index in [1.54, 1.807) is 6.07 Å². The highest BCUT2D eigenvalue weighted by Gasteiger charge is 2.57. The quantitative estimate of drug-likeness (QED) is 0.623. The first-order chi connectivity index (χ1) is 17.4. The van der Waals surface area contributed by atoms with Crippen molar-refractivity contribution in [3.8, 4) is 0 Å². The summed E-state index contributed by atoms with van der Waals surface area (Å²) < 4.78 is 46.7. The Morgan fingerprint density at radius 3 is 2.46 bits per heavy atom. The molecule has 2 fully saturated rings. The monoisotopic (exact) mass is 519 g/mol. The molecule has 4 amide bonds.